The van der Waals surface area contributed by atoms with Crippen molar-refractivity contribution in [2.75, 3.05) is 51.2 Å². The van der Waals surface area contributed by atoms with Gasteiger partial charge in [-0.05, 0) is 37.6 Å². The summed E-state index contributed by atoms with van der Waals surface area (Å²) in [6, 6.07) is 4.24. The minimum absolute atomic E-state index is 0. The smallest absolute Gasteiger partial charge is 0.191 e. The minimum Gasteiger partial charge on any atom is -0.357 e. The third kappa shape index (κ3) is 8.21. The molecule has 0 amide bonds. The van der Waals surface area contributed by atoms with Crippen LogP contribution >= 0.6 is 24.0 Å². The zero-order valence-corrected chi connectivity index (χ0v) is 19.7. The number of pyridine rings is 1. The van der Waals surface area contributed by atoms with E-state index in [9.17, 15) is 0 Å². The third-order valence-electron chi connectivity index (χ3n) is 5.11. The molecule has 6 nitrogen and oxygen atoms in total. The molecule has 2 rings (SSSR count). The Bertz CT molecular complexity index is 553. The molecular weight excluding hydrogens is 451 g/mol. The number of rotatable bonds is 8. The molecule has 0 aromatic carbocycles. The van der Waals surface area contributed by atoms with E-state index < -0.39 is 0 Å². The van der Waals surface area contributed by atoms with E-state index in [0.717, 1.165) is 51.0 Å². The van der Waals surface area contributed by atoms with Crippen LogP contribution in [0.25, 0.3) is 0 Å². The van der Waals surface area contributed by atoms with Crippen LogP contribution in [-0.4, -0.2) is 62.2 Å². The van der Waals surface area contributed by atoms with E-state index in [2.05, 4.69) is 65.4 Å². The topological polar surface area (TPSA) is 55.8 Å². The Labute approximate surface area is 182 Å². The van der Waals surface area contributed by atoms with Crippen LogP contribution in [0, 0.1) is 5.92 Å². The summed E-state index contributed by atoms with van der Waals surface area (Å²) in [4.78, 5) is 14.0. The fourth-order valence-electron chi connectivity index (χ4n) is 3.10. The lowest BCUT2D eigenvalue weighted by Crippen LogP contribution is -2.44. The van der Waals surface area contributed by atoms with Crippen molar-refractivity contribution < 1.29 is 0 Å². The average molecular weight is 488 g/mol. The van der Waals surface area contributed by atoms with Crippen molar-refractivity contribution in [3.8, 4) is 0 Å². The van der Waals surface area contributed by atoms with Gasteiger partial charge >= 0.3 is 0 Å². The summed E-state index contributed by atoms with van der Waals surface area (Å²) in [5.41, 5.74) is 1.20. The summed E-state index contributed by atoms with van der Waals surface area (Å²) in [6.45, 7) is 13.4. The van der Waals surface area contributed by atoms with Crippen LogP contribution in [-0.2, 0) is 6.54 Å². The lowest BCUT2D eigenvalue weighted by Gasteiger charge is -2.33. The molecule has 0 saturated carbocycles. The van der Waals surface area contributed by atoms with Crippen molar-refractivity contribution in [3.63, 3.8) is 0 Å². The molecule has 1 aliphatic heterocycles. The van der Waals surface area contributed by atoms with Crippen molar-refractivity contribution in [1.29, 1.82) is 0 Å². The van der Waals surface area contributed by atoms with Gasteiger partial charge in [-0.15, -0.1) is 24.0 Å². The normalized spacial score (nSPS) is 15.6. The molecule has 1 aromatic heterocycles. The molecule has 1 aliphatic rings. The van der Waals surface area contributed by atoms with Crippen LogP contribution in [0.5, 0.6) is 0 Å². The number of aromatic nitrogens is 1. The number of anilines is 1. The van der Waals surface area contributed by atoms with Crippen LogP contribution < -0.4 is 15.5 Å². The number of aliphatic imine (C=N–C) groups is 1. The Hall–Kier alpha value is -1.09. The van der Waals surface area contributed by atoms with E-state index in [0.29, 0.717) is 12.5 Å². The SMILES string of the molecule is CCNC(=NCc1ccnc(N2CCN(C)CC2)c1)NCC(CC)CC.I. The second-order valence-electron chi connectivity index (χ2n) is 7.07. The highest BCUT2D eigenvalue weighted by Crippen LogP contribution is 2.15. The van der Waals surface area contributed by atoms with Crippen LogP contribution in [0.2, 0.25) is 0 Å². The Kier molecular flexibility index (Phi) is 11.7. The lowest BCUT2D eigenvalue weighted by atomic mass is 10.0. The lowest BCUT2D eigenvalue weighted by molar-refractivity contribution is 0.312. The maximum atomic E-state index is 4.76. The number of nitrogens with one attached hydrogen (secondary N) is 2. The summed E-state index contributed by atoms with van der Waals surface area (Å²) in [6.07, 6.45) is 4.30. The molecule has 1 aromatic rings. The van der Waals surface area contributed by atoms with Crippen molar-refractivity contribution in [2.45, 2.75) is 40.2 Å². The molecule has 0 spiro atoms. The maximum Gasteiger partial charge on any atom is 0.191 e. The summed E-state index contributed by atoms with van der Waals surface area (Å²) in [5.74, 6) is 2.67. The van der Waals surface area contributed by atoms with Crippen molar-refractivity contribution >= 4 is 35.8 Å². The van der Waals surface area contributed by atoms with E-state index in [-0.39, 0.29) is 24.0 Å². The molecule has 0 radical (unpaired) electrons. The monoisotopic (exact) mass is 488 g/mol. The minimum atomic E-state index is 0. The number of hydrogen-bond donors (Lipinski definition) is 2. The number of hydrogen-bond acceptors (Lipinski definition) is 4. The Morgan fingerprint density at radius 3 is 2.48 bits per heavy atom. The Morgan fingerprint density at radius 1 is 1.15 bits per heavy atom. The largest absolute Gasteiger partial charge is 0.357 e. The first kappa shape index (κ1) is 23.9. The zero-order valence-electron chi connectivity index (χ0n) is 17.4. The molecule has 0 atom stereocenters. The van der Waals surface area contributed by atoms with Gasteiger partial charge in [-0.1, -0.05) is 26.7 Å². The molecule has 1 fully saturated rings. The van der Waals surface area contributed by atoms with E-state index in [1.165, 1.54) is 18.4 Å². The summed E-state index contributed by atoms with van der Waals surface area (Å²) < 4.78 is 0. The second kappa shape index (κ2) is 13.1. The molecule has 0 bridgehead atoms. The highest BCUT2D eigenvalue weighted by Gasteiger charge is 2.15. The quantitative estimate of drug-likeness (QED) is 0.335. The predicted octanol–water partition coefficient (Wildman–Crippen LogP) is 2.94. The second-order valence-corrected chi connectivity index (χ2v) is 7.07. The molecule has 27 heavy (non-hydrogen) atoms. The first-order valence-electron chi connectivity index (χ1n) is 10.1. The molecule has 0 unspecified atom stereocenters. The zero-order chi connectivity index (χ0) is 18.8. The van der Waals surface area contributed by atoms with E-state index in [4.69, 9.17) is 4.99 Å². The highest BCUT2D eigenvalue weighted by atomic mass is 127. The number of piperazine rings is 1. The average Bonchev–Trinajstić information content (AvgIpc) is 2.67. The van der Waals surface area contributed by atoms with Crippen LogP contribution in [0.4, 0.5) is 5.82 Å². The molecule has 7 heteroatoms. The molecule has 1 saturated heterocycles. The number of halogens is 1. The summed E-state index contributed by atoms with van der Waals surface area (Å²) in [7, 11) is 2.17. The van der Waals surface area contributed by atoms with Crippen LogP contribution in [0.1, 0.15) is 39.2 Å². The maximum absolute atomic E-state index is 4.76. The van der Waals surface area contributed by atoms with Gasteiger partial charge in [-0.25, -0.2) is 9.98 Å². The first-order valence-corrected chi connectivity index (χ1v) is 10.1. The van der Waals surface area contributed by atoms with Crippen LogP contribution in [0.3, 0.4) is 0 Å². The Balaban J connectivity index is 0.00000364. The van der Waals surface area contributed by atoms with Gasteiger partial charge in [0.15, 0.2) is 5.96 Å². The standard InChI is InChI=1S/C20H36N6.HI/c1-5-17(6-2)15-23-20(21-7-3)24-16-18-8-9-22-19(14-18)26-12-10-25(4)11-13-26;/h8-9,14,17H,5-7,10-13,15-16H2,1-4H3,(H2,21,23,24);1H. The van der Waals surface area contributed by atoms with E-state index in [1.54, 1.807) is 0 Å². The fourth-order valence-corrected chi connectivity index (χ4v) is 3.10. The van der Waals surface area contributed by atoms with E-state index in [1.807, 2.05) is 6.20 Å². The van der Waals surface area contributed by atoms with Crippen molar-refractivity contribution in [1.82, 2.24) is 20.5 Å². The summed E-state index contributed by atoms with van der Waals surface area (Å²) >= 11 is 0. The van der Waals surface area contributed by atoms with Gasteiger partial charge in [0.1, 0.15) is 5.82 Å². The molecular formula is C20H37IN6. The molecule has 154 valence electrons. The number of nitrogens with zero attached hydrogens (tertiary/aromatic N) is 4. The first-order chi connectivity index (χ1) is 12.7. The fraction of sp³-hybridized carbons (Fsp3) is 0.700. The van der Waals surface area contributed by atoms with Gasteiger partial charge in [-0.3, -0.25) is 0 Å². The van der Waals surface area contributed by atoms with Crippen LogP contribution in [0.15, 0.2) is 23.3 Å². The molecule has 2 heterocycles. The number of guanidine groups is 1. The third-order valence-corrected chi connectivity index (χ3v) is 5.11. The van der Waals surface area contributed by atoms with Crippen molar-refractivity contribution in [3.05, 3.63) is 23.9 Å². The van der Waals surface area contributed by atoms with Gasteiger partial charge in [0.05, 0.1) is 6.54 Å². The molecule has 2 N–H and O–H groups in total. The van der Waals surface area contributed by atoms with Gasteiger partial charge in [0, 0.05) is 45.5 Å². The predicted molar refractivity (Wildman–Crippen MR) is 126 cm³/mol. The van der Waals surface area contributed by atoms with Gasteiger partial charge < -0.3 is 20.4 Å². The highest BCUT2D eigenvalue weighted by molar-refractivity contribution is 14.0. The molecule has 0 aliphatic carbocycles. The number of likely N-dealkylation sites (N-methyl/N-ethyl adjacent to an activating group) is 1. The van der Waals surface area contributed by atoms with Gasteiger partial charge in [-0.2, -0.15) is 0 Å². The Morgan fingerprint density at radius 2 is 1.85 bits per heavy atom. The van der Waals surface area contributed by atoms with E-state index >= 15 is 0 Å². The summed E-state index contributed by atoms with van der Waals surface area (Å²) in [5, 5.41) is 6.83. The van der Waals surface area contributed by atoms with Crippen molar-refractivity contribution in [2.24, 2.45) is 10.9 Å². The van der Waals surface area contributed by atoms with Gasteiger partial charge in [0.25, 0.3) is 0 Å². The van der Waals surface area contributed by atoms with Gasteiger partial charge in [0.2, 0.25) is 0 Å².